The van der Waals surface area contributed by atoms with Gasteiger partial charge >= 0.3 is 6.18 Å². The fraction of sp³-hybridized carbons (Fsp3) is 0.706. The van der Waals surface area contributed by atoms with Gasteiger partial charge in [-0.05, 0) is 5.92 Å². The minimum Gasteiger partial charge on any atom is -0.379 e. The summed E-state index contributed by atoms with van der Waals surface area (Å²) < 4.78 is 44.5. The first-order chi connectivity index (χ1) is 12.2. The second-order valence-corrected chi connectivity index (χ2v) is 7.58. The fourth-order valence-corrected chi connectivity index (χ4v) is 3.65. The molecule has 1 atom stereocenters. The molecule has 0 radical (unpaired) electrons. The molecule has 0 bridgehead atoms. The molecule has 2 fully saturated rings. The van der Waals surface area contributed by atoms with Crippen molar-refractivity contribution in [1.82, 2.24) is 14.9 Å². The zero-order valence-electron chi connectivity index (χ0n) is 14.9. The minimum absolute atomic E-state index is 0.0721. The third-order valence-electron chi connectivity index (χ3n) is 4.70. The average Bonchev–Trinajstić information content (AvgIpc) is 2.72. The lowest BCUT2D eigenvalue weighted by molar-refractivity contribution is -0.141. The van der Waals surface area contributed by atoms with Gasteiger partial charge < -0.3 is 14.5 Å². The van der Waals surface area contributed by atoms with E-state index in [1.807, 2.05) is 18.7 Å². The standard InChI is InChI=1S/C17H23F3N4O2/c1-12(2)7-24-9-16(6-15(24)25)8-23(3-4-26-10-16)14-5-13(17(18,19)20)21-11-22-14/h5,11-12H,3-4,6-10H2,1-2H3/t16-/m0/s1. The van der Waals surface area contributed by atoms with Crippen molar-refractivity contribution in [2.75, 3.05) is 44.3 Å². The summed E-state index contributed by atoms with van der Waals surface area (Å²) in [6, 6.07) is 0.960. The largest absolute Gasteiger partial charge is 0.433 e. The third kappa shape index (κ3) is 4.08. The van der Waals surface area contributed by atoms with Crippen LogP contribution < -0.4 is 4.90 Å². The molecule has 0 N–H and O–H groups in total. The summed E-state index contributed by atoms with van der Waals surface area (Å²) in [6.45, 7) is 6.98. The number of amides is 1. The van der Waals surface area contributed by atoms with Crippen molar-refractivity contribution in [3.05, 3.63) is 18.1 Å². The summed E-state index contributed by atoms with van der Waals surface area (Å²) in [7, 11) is 0. The molecule has 0 aromatic carbocycles. The van der Waals surface area contributed by atoms with E-state index in [0.717, 1.165) is 12.4 Å². The molecule has 2 aliphatic rings. The van der Waals surface area contributed by atoms with Crippen molar-refractivity contribution in [3.8, 4) is 0 Å². The van der Waals surface area contributed by atoms with E-state index in [1.54, 1.807) is 4.90 Å². The van der Waals surface area contributed by atoms with Gasteiger partial charge in [0.25, 0.3) is 0 Å². The van der Waals surface area contributed by atoms with Gasteiger partial charge in [-0.25, -0.2) is 9.97 Å². The van der Waals surface area contributed by atoms with Crippen LogP contribution >= 0.6 is 0 Å². The lowest BCUT2D eigenvalue weighted by Crippen LogP contribution is -2.41. The molecule has 1 spiro atoms. The van der Waals surface area contributed by atoms with Crippen LogP contribution in [0.4, 0.5) is 19.0 Å². The minimum atomic E-state index is -4.52. The summed E-state index contributed by atoms with van der Waals surface area (Å²) in [6.07, 6.45) is -3.25. The Morgan fingerprint density at radius 2 is 2.08 bits per heavy atom. The van der Waals surface area contributed by atoms with Crippen molar-refractivity contribution < 1.29 is 22.7 Å². The number of ether oxygens (including phenoxy) is 1. The number of hydrogen-bond donors (Lipinski definition) is 0. The molecule has 0 aliphatic carbocycles. The van der Waals surface area contributed by atoms with E-state index < -0.39 is 17.3 Å². The highest BCUT2D eigenvalue weighted by atomic mass is 19.4. The van der Waals surface area contributed by atoms with E-state index >= 15 is 0 Å². The Kier molecular flexibility index (Phi) is 5.09. The molecule has 9 heteroatoms. The smallest absolute Gasteiger partial charge is 0.379 e. The van der Waals surface area contributed by atoms with Crippen LogP contribution in [0.5, 0.6) is 0 Å². The molecule has 2 aliphatic heterocycles. The van der Waals surface area contributed by atoms with Gasteiger partial charge in [-0.3, -0.25) is 4.79 Å². The van der Waals surface area contributed by atoms with E-state index in [-0.39, 0.29) is 11.7 Å². The van der Waals surface area contributed by atoms with E-state index in [1.165, 1.54) is 0 Å². The zero-order chi connectivity index (χ0) is 18.9. The lowest BCUT2D eigenvalue weighted by atomic mass is 9.87. The van der Waals surface area contributed by atoms with Gasteiger partial charge in [-0.1, -0.05) is 13.8 Å². The highest BCUT2D eigenvalue weighted by Crippen LogP contribution is 2.36. The van der Waals surface area contributed by atoms with Crippen LogP contribution in [0.1, 0.15) is 26.0 Å². The molecule has 0 unspecified atom stereocenters. The maximum absolute atomic E-state index is 12.9. The number of hydrogen-bond acceptors (Lipinski definition) is 5. The van der Waals surface area contributed by atoms with Gasteiger partial charge in [0.15, 0.2) is 0 Å². The molecular weight excluding hydrogens is 349 g/mol. The van der Waals surface area contributed by atoms with Gasteiger partial charge in [-0.2, -0.15) is 13.2 Å². The molecule has 144 valence electrons. The molecule has 0 saturated carbocycles. The maximum Gasteiger partial charge on any atom is 0.433 e. The first-order valence-corrected chi connectivity index (χ1v) is 8.68. The average molecular weight is 372 g/mol. The first kappa shape index (κ1) is 18.9. The number of carbonyl (C=O) groups is 1. The molecule has 1 aromatic heterocycles. The third-order valence-corrected chi connectivity index (χ3v) is 4.70. The lowest BCUT2D eigenvalue weighted by Gasteiger charge is -2.32. The Labute approximate surface area is 150 Å². The highest BCUT2D eigenvalue weighted by Gasteiger charge is 2.46. The van der Waals surface area contributed by atoms with Crippen molar-refractivity contribution in [2.45, 2.75) is 26.4 Å². The monoisotopic (exact) mass is 372 g/mol. The Bertz CT molecular complexity index is 668. The van der Waals surface area contributed by atoms with Crippen molar-refractivity contribution >= 4 is 11.7 Å². The fourth-order valence-electron chi connectivity index (χ4n) is 3.65. The van der Waals surface area contributed by atoms with Gasteiger partial charge in [0.05, 0.1) is 13.2 Å². The number of alkyl halides is 3. The number of rotatable bonds is 3. The molecule has 6 nitrogen and oxygen atoms in total. The summed E-state index contributed by atoms with van der Waals surface area (Å²) in [4.78, 5) is 23.3. The highest BCUT2D eigenvalue weighted by molar-refractivity contribution is 5.79. The Morgan fingerprint density at radius 1 is 1.31 bits per heavy atom. The molecule has 1 amide bonds. The summed E-state index contributed by atoms with van der Waals surface area (Å²) >= 11 is 0. The van der Waals surface area contributed by atoms with Gasteiger partial charge in [-0.15, -0.1) is 0 Å². The van der Waals surface area contributed by atoms with E-state index in [0.29, 0.717) is 51.7 Å². The number of halogens is 3. The SMILES string of the molecule is CC(C)CN1C[C@]2(COCCN(c3cc(C(F)(F)F)ncn3)C2)CC1=O. The predicted octanol–water partition coefficient (Wildman–Crippen LogP) is 2.21. The quantitative estimate of drug-likeness (QED) is 0.814. The van der Waals surface area contributed by atoms with Crippen molar-refractivity contribution in [2.24, 2.45) is 11.3 Å². The van der Waals surface area contributed by atoms with Gasteiger partial charge in [0.2, 0.25) is 5.91 Å². The maximum atomic E-state index is 12.9. The topological polar surface area (TPSA) is 58.6 Å². The number of carbonyl (C=O) groups excluding carboxylic acids is 1. The van der Waals surface area contributed by atoms with Crippen molar-refractivity contribution in [3.63, 3.8) is 0 Å². The molecule has 26 heavy (non-hydrogen) atoms. The van der Waals surface area contributed by atoms with E-state index in [9.17, 15) is 18.0 Å². The normalized spacial score (nSPS) is 24.6. The summed E-state index contributed by atoms with van der Waals surface area (Å²) in [5, 5.41) is 0. The number of nitrogens with zero attached hydrogens (tertiary/aromatic N) is 4. The van der Waals surface area contributed by atoms with Crippen molar-refractivity contribution in [1.29, 1.82) is 0 Å². The van der Waals surface area contributed by atoms with Crippen LogP contribution in [-0.2, 0) is 15.7 Å². The molecule has 3 heterocycles. The van der Waals surface area contributed by atoms with Gasteiger partial charge in [0.1, 0.15) is 17.8 Å². The number of likely N-dealkylation sites (tertiary alicyclic amines) is 1. The second kappa shape index (κ2) is 7.02. The molecule has 2 saturated heterocycles. The van der Waals surface area contributed by atoms with Crippen LogP contribution in [0, 0.1) is 11.3 Å². The number of anilines is 1. The van der Waals surface area contributed by atoms with Crippen LogP contribution in [0.15, 0.2) is 12.4 Å². The molecule has 1 aromatic rings. The second-order valence-electron chi connectivity index (χ2n) is 7.58. The summed E-state index contributed by atoms with van der Waals surface area (Å²) in [5.74, 6) is 0.642. The number of aromatic nitrogens is 2. The first-order valence-electron chi connectivity index (χ1n) is 8.68. The summed E-state index contributed by atoms with van der Waals surface area (Å²) in [5.41, 5.74) is -1.39. The Morgan fingerprint density at radius 3 is 2.77 bits per heavy atom. The zero-order valence-corrected chi connectivity index (χ0v) is 14.9. The Balaban J connectivity index is 1.81. The van der Waals surface area contributed by atoms with Gasteiger partial charge in [0, 0.05) is 44.1 Å². The van der Waals surface area contributed by atoms with E-state index in [2.05, 4.69) is 9.97 Å². The van der Waals surface area contributed by atoms with Crippen LogP contribution in [0.3, 0.4) is 0 Å². The van der Waals surface area contributed by atoms with E-state index in [4.69, 9.17) is 4.74 Å². The predicted molar refractivity (Wildman–Crippen MR) is 88.5 cm³/mol. The van der Waals surface area contributed by atoms with Crippen LogP contribution in [0.25, 0.3) is 0 Å². The molecular formula is C17H23F3N4O2. The van der Waals surface area contributed by atoms with Crippen LogP contribution in [-0.4, -0.2) is 60.2 Å². The Hall–Kier alpha value is -1.90. The van der Waals surface area contributed by atoms with Crippen LogP contribution in [0.2, 0.25) is 0 Å². The molecule has 3 rings (SSSR count).